The summed E-state index contributed by atoms with van der Waals surface area (Å²) in [7, 11) is 0. The first-order chi connectivity index (χ1) is 9.47. The van der Waals surface area contributed by atoms with E-state index in [1.807, 2.05) is 0 Å². The summed E-state index contributed by atoms with van der Waals surface area (Å²) in [4.78, 5) is 12.4. The van der Waals surface area contributed by atoms with Gasteiger partial charge in [-0.05, 0) is 42.9 Å². The Hall–Kier alpha value is -1.22. The van der Waals surface area contributed by atoms with Crippen molar-refractivity contribution in [2.45, 2.75) is 45.6 Å². The van der Waals surface area contributed by atoms with Gasteiger partial charge in [0.1, 0.15) is 0 Å². The number of anilines is 1. The molecule has 4 heteroatoms. The van der Waals surface area contributed by atoms with Crippen LogP contribution in [0.3, 0.4) is 0 Å². The number of nitrogens with one attached hydrogen (secondary N) is 1. The molecule has 1 amide bonds. The summed E-state index contributed by atoms with van der Waals surface area (Å²) in [5.41, 5.74) is 6.81. The first kappa shape index (κ1) is 15.2. The van der Waals surface area contributed by atoms with Gasteiger partial charge in [-0.15, -0.1) is 0 Å². The molecule has 110 valence electrons. The number of carbonyl (C=O) groups is 1. The van der Waals surface area contributed by atoms with Crippen molar-refractivity contribution in [3.63, 3.8) is 0 Å². The van der Waals surface area contributed by atoms with Crippen molar-refractivity contribution >= 4 is 23.2 Å². The molecular formula is C16H23ClN2O. The highest BCUT2D eigenvalue weighted by Gasteiger charge is 2.28. The van der Waals surface area contributed by atoms with Gasteiger partial charge in [-0.3, -0.25) is 4.79 Å². The van der Waals surface area contributed by atoms with E-state index < -0.39 is 0 Å². The van der Waals surface area contributed by atoms with Crippen LogP contribution in [0.2, 0.25) is 5.02 Å². The van der Waals surface area contributed by atoms with Gasteiger partial charge in [0.15, 0.2) is 0 Å². The highest BCUT2D eigenvalue weighted by molar-refractivity contribution is 6.31. The SMILES string of the molecule is CC(C)C1CCCCC1NC(=O)c1cc(N)cc(Cl)c1. The van der Waals surface area contributed by atoms with Crippen LogP contribution in [0, 0.1) is 11.8 Å². The van der Waals surface area contributed by atoms with Crippen molar-refractivity contribution in [2.75, 3.05) is 5.73 Å². The predicted molar refractivity (Wildman–Crippen MR) is 83.9 cm³/mol. The summed E-state index contributed by atoms with van der Waals surface area (Å²) >= 11 is 5.96. The van der Waals surface area contributed by atoms with Crippen LogP contribution < -0.4 is 11.1 Å². The third-order valence-corrected chi connectivity index (χ3v) is 4.39. The minimum Gasteiger partial charge on any atom is -0.399 e. The molecule has 1 fully saturated rings. The smallest absolute Gasteiger partial charge is 0.251 e. The van der Waals surface area contributed by atoms with Crippen molar-refractivity contribution in [3.8, 4) is 0 Å². The van der Waals surface area contributed by atoms with Crippen molar-refractivity contribution in [1.82, 2.24) is 5.32 Å². The summed E-state index contributed by atoms with van der Waals surface area (Å²) in [5.74, 6) is 1.08. The van der Waals surface area contributed by atoms with Crippen LogP contribution in [0.1, 0.15) is 49.9 Å². The summed E-state index contributed by atoms with van der Waals surface area (Å²) in [6, 6.07) is 5.25. The molecule has 0 aliphatic heterocycles. The molecule has 1 aliphatic carbocycles. The Labute approximate surface area is 125 Å². The van der Waals surface area contributed by atoms with Gasteiger partial charge in [0.2, 0.25) is 0 Å². The lowest BCUT2D eigenvalue weighted by atomic mass is 9.78. The van der Waals surface area contributed by atoms with Crippen molar-refractivity contribution < 1.29 is 4.79 Å². The molecule has 0 radical (unpaired) electrons. The monoisotopic (exact) mass is 294 g/mol. The lowest BCUT2D eigenvalue weighted by Gasteiger charge is -2.34. The van der Waals surface area contributed by atoms with Crippen LogP contribution in [0.4, 0.5) is 5.69 Å². The Kier molecular flexibility index (Phi) is 4.92. The molecule has 2 rings (SSSR count). The largest absolute Gasteiger partial charge is 0.399 e. The van der Waals surface area contributed by atoms with Crippen molar-refractivity contribution in [2.24, 2.45) is 11.8 Å². The molecule has 1 saturated carbocycles. The van der Waals surface area contributed by atoms with E-state index in [0.29, 0.717) is 28.1 Å². The van der Waals surface area contributed by atoms with Crippen LogP contribution in [-0.4, -0.2) is 11.9 Å². The van der Waals surface area contributed by atoms with Gasteiger partial charge in [0.25, 0.3) is 5.91 Å². The molecule has 2 atom stereocenters. The van der Waals surface area contributed by atoms with E-state index >= 15 is 0 Å². The second-order valence-electron chi connectivity index (χ2n) is 6.05. The zero-order valence-corrected chi connectivity index (χ0v) is 12.9. The summed E-state index contributed by atoms with van der Waals surface area (Å²) in [6.07, 6.45) is 4.70. The zero-order chi connectivity index (χ0) is 14.7. The fourth-order valence-corrected chi connectivity index (χ4v) is 3.38. The van der Waals surface area contributed by atoms with E-state index in [9.17, 15) is 4.79 Å². The average molecular weight is 295 g/mol. The molecule has 3 nitrogen and oxygen atoms in total. The van der Waals surface area contributed by atoms with Crippen LogP contribution in [0.15, 0.2) is 18.2 Å². The molecule has 1 aromatic rings. The minimum absolute atomic E-state index is 0.0725. The van der Waals surface area contributed by atoms with Gasteiger partial charge in [0.05, 0.1) is 0 Å². The van der Waals surface area contributed by atoms with E-state index in [0.717, 1.165) is 6.42 Å². The Balaban J connectivity index is 2.09. The topological polar surface area (TPSA) is 55.1 Å². The fraction of sp³-hybridized carbons (Fsp3) is 0.562. The Bertz CT molecular complexity index is 467. The summed E-state index contributed by atoms with van der Waals surface area (Å²) < 4.78 is 0. The molecule has 0 saturated heterocycles. The van der Waals surface area contributed by atoms with Crippen molar-refractivity contribution in [3.05, 3.63) is 28.8 Å². The quantitative estimate of drug-likeness (QED) is 0.832. The van der Waals surface area contributed by atoms with Crippen LogP contribution in [0.25, 0.3) is 0 Å². The lowest BCUT2D eigenvalue weighted by Crippen LogP contribution is -2.43. The van der Waals surface area contributed by atoms with Crippen LogP contribution in [0.5, 0.6) is 0 Å². The molecule has 1 aliphatic rings. The Morgan fingerprint density at radius 1 is 1.30 bits per heavy atom. The molecular weight excluding hydrogens is 272 g/mol. The summed E-state index contributed by atoms with van der Waals surface area (Å²) in [5, 5.41) is 3.67. The molecule has 0 aromatic heterocycles. The van der Waals surface area contributed by atoms with Gasteiger partial charge in [0, 0.05) is 22.3 Å². The van der Waals surface area contributed by atoms with Crippen LogP contribution >= 0.6 is 11.6 Å². The third-order valence-electron chi connectivity index (χ3n) is 4.17. The molecule has 2 unspecified atom stereocenters. The van der Waals surface area contributed by atoms with Gasteiger partial charge in [-0.25, -0.2) is 0 Å². The maximum atomic E-state index is 12.4. The Morgan fingerprint density at radius 3 is 2.65 bits per heavy atom. The molecule has 0 heterocycles. The first-order valence-electron chi connectivity index (χ1n) is 7.34. The standard InChI is InChI=1S/C16H23ClN2O/c1-10(2)14-5-3-4-6-15(14)19-16(20)11-7-12(17)9-13(18)8-11/h7-10,14-15H,3-6,18H2,1-2H3,(H,19,20). The average Bonchev–Trinajstić information content (AvgIpc) is 2.37. The number of nitrogen functional groups attached to an aromatic ring is 1. The number of amides is 1. The first-order valence-corrected chi connectivity index (χ1v) is 7.72. The van der Waals surface area contributed by atoms with E-state index in [2.05, 4.69) is 19.2 Å². The number of rotatable bonds is 3. The molecule has 20 heavy (non-hydrogen) atoms. The number of halogens is 1. The number of nitrogens with two attached hydrogens (primary N) is 1. The molecule has 1 aromatic carbocycles. The number of carbonyl (C=O) groups excluding carboxylic acids is 1. The van der Waals surface area contributed by atoms with Gasteiger partial charge in [-0.2, -0.15) is 0 Å². The second-order valence-corrected chi connectivity index (χ2v) is 6.48. The minimum atomic E-state index is -0.0725. The van der Waals surface area contributed by atoms with Gasteiger partial charge < -0.3 is 11.1 Å². The molecule has 0 spiro atoms. The van der Waals surface area contributed by atoms with Gasteiger partial charge >= 0.3 is 0 Å². The van der Waals surface area contributed by atoms with Crippen molar-refractivity contribution in [1.29, 1.82) is 0 Å². The van der Waals surface area contributed by atoms with Crippen LogP contribution in [-0.2, 0) is 0 Å². The summed E-state index contributed by atoms with van der Waals surface area (Å²) in [6.45, 7) is 4.46. The zero-order valence-electron chi connectivity index (χ0n) is 12.2. The normalized spacial score (nSPS) is 22.8. The van der Waals surface area contributed by atoms with E-state index in [1.54, 1.807) is 18.2 Å². The van der Waals surface area contributed by atoms with E-state index in [1.165, 1.54) is 19.3 Å². The van der Waals surface area contributed by atoms with Gasteiger partial charge in [-0.1, -0.05) is 38.3 Å². The molecule has 3 N–H and O–H groups in total. The van der Waals surface area contributed by atoms with E-state index in [4.69, 9.17) is 17.3 Å². The molecule has 0 bridgehead atoms. The van der Waals surface area contributed by atoms with E-state index in [-0.39, 0.29) is 11.9 Å². The third kappa shape index (κ3) is 3.66. The predicted octanol–water partition coefficient (Wildman–Crippen LogP) is 3.87. The highest BCUT2D eigenvalue weighted by atomic mass is 35.5. The maximum absolute atomic E-state index is 12.4. The highest BCUT2D eigenvalue weighted by Crippen LogP contribution is 2.30. The second kappa shape index (κ2) is 6.49. The fourth-order valence-electron chi connectivity index (χ4n) is 3.13. The lowest BCUT2D eigenvalue weighted by molar-refractivity contribution is 0.0889. The Morgan fingerprint density at radius 2 is 2.00 bits per heavy atom. The maximum Gasteiger partial charge on any atom is 0.251 e. The number of hydrogen-bond donors (Lipinski definition) is 2. The number of hydrogen-bond acceptors (Lipinski definition) is 2. The number of benzene rings is 1.